The molecular weight excluding hydrogens is 172 g/mol. The van der Waals surface area contributed by atoms with Crippen LogP contribution < -0.4 is 11.1 Å². The van der Waals surface area contributed by atoms with Crippen LogP contribution in [0.3, 0.4) is 0 Å². The smallest absolute Gasteiger partial charge is 0.0400 e. The summed E-state index contributed by atoms with van der Waals surface area (Å²) in [6, 6.07) is 6.32. The number of hydrogen-bond donors (Lipinski definition) is 2. The third kappa shape index (κ3) is 0.969. The fourth-order valence-electron chi connectivity index (χ4n) is 3.03. The SMILES string of the molecule is Nc1ccc2c(c1)NCC21CCCC1. The van der Waals surface area contributed by atoms with Gasteiger partial charge >= 0.3 is 0 Å². The quantitative estimate of drug-likeness (QED) is 0.614. The van der Waals surface area contributed by atoms with Gasteiger partial charge in [0, 0.05) is 23.3 Å². The van der Waals surface area contributed by atoms with Crippen molar-refractivity contribution in [2.45, 2.75) is 31.1 Å². The van der Waals surface area contributed by atoms with Gasteiger partial charge in [-0.2, -0.15) is 0 Å². The van der Waals surface area contributed by atoms with Crippen molar-refractivity contribution in [1.29, 1.82) is 0 Å². The average molecular weight is 188 g/mol. The van der Waals surface area contributed by atoms with Gasteiger partial charge in [0.05, 0.1) is 0 Å². The van der Waals surface area contributed by atoms with Gasteiger partial charge < -0.3 is 11.1 Å². The van der Waals surface area contributed by atoms with Gasteiger partial charge in [0.15, 0.2) is 0 Å². The van der Waals surface area contributed by atoms with Crippen molar-refractivity contribution in [3.8, 4) is 0 Å². The molecule has 2 nitrogen and oxygen atoms in total. The average Bonchev–Trinajstić information content (AvgIpc) is 2.77. The number of nitrogens with two attached hydrogens (primary N) is 1. The highest BCUT2D eigenvalue weighted by atomic mass is 14.9. The summed E-state index contributed by atoms with van der Waals surface area (Å²) >= 11 is 0. The molecule has 1 aliphatic carbocycles. The van der Waals surface area contributed by atoms with Crippen molar-refractivity contribution in [3.63, 3.8) is 0 Å². The second-order valence-electron chi connectivity index (χ2n) is 4.65. The molecule has 0 radical (unpaired) electrons. The first-order valence-electron chi connectivity index (χ1n) is 5.44. The first kappa shape index (κ1) is 8.16. The maximum atomic E-state index is 5.78. The lowest BCUT2D eigenvalue weighted by molar-refractivity contribution is 0.489. The van der Waals surface area contributed by atoms with E-state index in [9.17, 15) is 0 Å². The summed E-state index contributed by atoms with van der Waals surface area (Å²) in [5, 5.41) is 3.49. The molecule has 0 unspecified atom stereocenters. The normalized spacial score (nSPS) is 22.3. The molecule has 0 atom stereocenters. The van der Waals surface area contributed by atoms with E-state index in [1.54, 1.807) is 0 Å². The molecule has 1 aromatic rings. The number of anilines is 2. The predicted octanol–water partition coefficient (Wildman–Crippen LogP) is 2.51. The van der Waals surface area contributed by atoms with E-state index in [2.05, 4.69) is 17.4 Å². The van der Waals surface area contributed by atoms with Crippen LogP contribution in [0.4, 0.5) is 11.4 Å². The summed E-state index contributed by atoms with van der Waals surface area (Å²) in [4.78, 5) is 0. The Balaban J connectivity index is 2.09. The first-order valence-corrected chi connectivity index (χ1v) is 5.44. The largest absolute Gasteiger partial charge is 0.399 e. The molecule has 14 heavy (non-hydrogen) atoms. The molecule has 0 saturated heterocycles. The summed E-state index contributed by atoms with van der Waals surface area (Å²) in [7, 11) is 0. The van der Waals surface area contributed by atoms with Crippen LogP contribution in [-0.4, -0.2) is 6.54 Å². The van der Waals surface area contributed by atoms with Gasteiger partial charge in [-0.05, 0) is 30.5 Å². The van der Waals surface area contributed by atoms with E-state index < -0.39 is 0 Å². The Hall–Kier alpha value is -1.18. The van der Waals surface area contributed by atoms with Crippen molar-refractivity contribution in [3.05, 3.63) is 23.8 Å². The molecule has 2 aliphatic rings. The van der Waals surface area contributed by atoms with E-state index in [0.717, 1.165) is 12.2 Å². The number of fused-ring (bicyclic) bond motifs is 2. The Bertz CT molecular complexity index is 365. The minimum absolute atomic E-state index is 0.447. The molecule has 3 rings (SSSR count). The zero-order valence-electron chi connectivity index (χ0n) is 8.34. The molecule has 1 fully saturated rings. The maximum Gasteiger partial charge on any atom is 0.0400 e. The van der Waals surface area contributed by atoms with E-state index in [0.29, 0.717) is 5.41 Å². The molecule has 1 saturated carbocycles. The van der Waals surface area contributed by atoms with Gasteiger partial charge in [0.25, 0.3) is 0 Å². The molecule has 1 aliphatic heterocycles. The maximum absolute atomic E-state index is 5.78. The van der Waals surface area contributed by atoms with Crippen molar-refractivity contribution in [2.75, 3.05) is 17.6 Å². The highest BCUT2D eigenvalue weighted by Crippen LogP contribution is 2.48. The fourth-order valence-corrected chi connectivity index (χ4v) is 3.03. The van der Waals surface area contributed by atoms with Crippen LogP contribution in [0.1, 0.15) is 31.2 Å². The second kappa shape index (κ2) is 2.66. The van der Waals surface area contributed by atoms with Gasteiger partial charge in [-0.25, -0.2) is 0 Å². The third-order valence-electron chi connectivity index (χ3n) is 3.79. The van der Waals surface area contributed by atoms with E-state index in [1.165, 1.54) is 36.9 Å². The Morgan fingerprint density at radius 1 is 1.21 bits per heavy atom. The van der Waals surface area contributed by atoms with Crippen LogP contribution in [0.5, 0.6) is 0 Å². The zero-order chi connectivity index (χ0) is 9.60. The number of benzene rings is 1. The highest BCUT2D eigenvalue weighted by Gasteiger charge is 2.40. The number of nitrogen functional groups attached to an aromatic ring is 1. The second-order valence-corrected chi connectivity index (χ2v) is 4.65. The van der Waals surface area contributed by atoms with Crippen LogP contribution in [-0.2, 0) is 5.41 Å². The molecule has 3 N–H and O–H groups in total. The van der Waals surface area contributed by atoms with Gasteiger partial charge in [-0.1, -0.05) is 18.9 Å². The lowest BCUT2D eigenvalue weighted by atomic mass is 9.81. The van der Waals surface area contributed by atoms with Crippen molar-refractivity contribution in [2.24, 2.45) is 0 Å². The highest BCUT2D eigenvalue weighted by molar-refractivity contribution is 5.66. The van der Waals surface area contributed by atoms with E-state index >= 15 is 0 Å². The Morgan fingerprint density at radius 3 is 2.79 bits per heavy atom. The van der Waals surface area contributed by atoms with Crippen LogP contribution in [0, 0.1) is 0 Å². The minimum Gasteiger partial charge on any atom is -0.399 e. The zero-order valence-corrected chi connectivity index (χ0v) is 8.34. The van der Waals surface area contributed by atoms with Gasteiger partial charge in [-0.3, -0.25) is 0 Å². The molecule has 0 bridgehead atoms. The lowest BCUT2D eigenvalue weighted by Gasteiger charge is -2.22. The Morgan fingerprint density at radius 2 is 2.00 bits per heavy atom. The number of nitrogens with one attached hydrogen (secondary N) is 1. The summed E-state index contributed by atoms with van der Waals surface area (Å²) in [6.07, 6.45) is 5.45. The molecule has 0 amide bonds. The summed E-state index contributed by atoms with van der Waals surface area (Å²) in [6.45, 7) is 1.12. The standard InChI is InChI=1S/C12H16N2/c13-9-3-4-10-11(7-9)14-8-12(10)5-1-2-6-12/h3-4,7,14H,1-2,5-6,8,13H2. The van der Waals surface area contributed by atoms with Crippen molar-refractivity contribution in [1.82, 2.24) is 0 Å². The molecule has 2 heteroatoms. The van der Waals surface area contributed by atoms with Gasteiger partial charge in [0.2, 0.25) is 0 Å². The monoisotopic (exact) mass is 188 g/mol. The molecule has 1 spiro atoms. The number of rotatable bonds is 0. The molecule has 1 aromatic carbocycles. The van der Waals surface area contributed by atoms with Crippen LogP contribution in [0.25, 0.3) is 0 Å². The third-order valence-corrected chi connectivity index (χ3v) is 3.79. The predicted molar refractivity (Wildman–Crippen MR) is 59.5 cm³/mol. The fraction of sp³-hybridized carbons (Fsp3) is 0.500. The molecule has 1 heterocycles. The Labute approximate surface area is 84.5 Å². The van der Waals surface area contributed by atoms with E-state index in [-0.39, 0.29) is 0 Å². The summed E-state index contributed by atoms with van der Waals surface area (Å²) < 4.78 is 0. The van der Waals surface area contributed by atoms with Crippen LogP contribution in [0.15, 0.2) is 18.2 Å². The van der Waals surface area contributed by atoms with E-state index in [1.807, 2.05) is 6.07 Å². The first-order chi connectivity index (χ1) is 6.80. The summed E-state index contributed by atoms with van der Waals surface area (Å²) in [5.74, 6) is 0. The lowest BCUT2D eigenvalue weighted by Crippen LogP contribution is -2.23. The van der Waals surface area contributed by atoms with E-state index in [4.69, 9.17) is 5.73 Å². The van der Waals surface area contributed by atoms with Crippen LogP contribution in [0.2, 0.25) is 0 Å². The topological polar surface area (TPSA) is 38.0 Å². The van der Waals surface area contributed by atoms with Crippen molar-refractivity contribution >= 4 is 11.4 Å². The minimum atomic E-state index is 0.447. The molecule has 0 aromatic heterocycles. The number of hydrogen-bond acceptors (Lipinski definition) is 2. The molecule has 74 valence electrons. The van der Waals surface area contributed by atoms with Crippen molar-refractivity contribution < 1.29 is 0 Å². The van der Waals surface area contributed by atoms with Gasteiger partial charge in [-0.15, -0.1) is 0 Å². The van der Waals surface area contributed by atoms with Crippen LogP contribution >= 0.6 is 0 Å². The summed E-state index contributed by atoms with van der Waals surface area (Å²) in [5.41, 5.74) is 9.87. The Kier molecular flexibility index (Phi) is 1.55. The molecular formula is C12H16N2. The van der Waals surface area contributed by atoms with Gasteiger partial charge in [0.1, 0.15) is 0 Å².